The van der Waals surface area contributed by atoms with E-state index in [0.717, 1.165) is 22.2 Å². The van der Waals surface area contributed by atoms with Crippen molar-refractivity contribution in [2.45, 2.75) is 6.92 Å². The smallest absolute Gasteiger partial charge is 0.149 e. The van der Waals surface area contributed by atoms with Crippen LogP contribution in [-0.2, 0) is 0 Å². The number of hydrogen-bond acceptors (Lipinski definition) is 3. The van der Waals surface area contributed by atoms with Crippen molar-refractivity contribution >= 4 is 22.7 Å². The van der Waals surface area contributed by atoms with Gasteiger partial charge >= 0.3 is 0 Å². The highest BCUT2D eigenvalue weighted by Crippen LogP contribution is 2.21. The number of imidazole rings is 1. The van der Waals surface area contributed by atoms with E-state index in [1.807, 2.05) is 31.2 Å². The first kappa shape index (κ1) is 12.9. The van der Waals surface area contributed by atoms with Gasteiger partial charge in [-0.05, 0) is 48.4 Å². The summed E-state index contributed by atoms with van der Waals surface area (Å²) in [5.74, 6) is 0.697. The lowest BCUT2D eigenvalue weighted by atomic mass is 10.1. The summed E-state index contributed by atoms with van der Waals surface area (Å²) in [6.07, 6.45) is 1.70. The Bertz CT molecular complexity index is 884. The summed E-state index contributed by atoms with van der Waals surface area (Å²) in [5.41, 5.74) is 4.04. The minimum absolute atomic E-state index is 0.168. The number of nitrogens with zero attached hydrogens (tertiary/aromatic N) is 2. The molecule has 1 heterocycles. The van der Waals surface area contributed by atoms with Gasteiger partial charge in [-0.2, -0.15) is 5.26 Å². The van der Waals surface area contributed by atoms with Gasteiger partial charge in [-0.25, -0.2) is 4.98 Å². The molecular weight excluding hydrogens is 262 g/mol. The molecule has 0 saturated heterocycles. The van der Waals surface area contributed by atoms with Crippen LogP contribution in [0.25, 0.3) is 22.7 Å². The van der Waals surface area contributed by atoms with Crippen LogP contribution in [0.5, 0.6) is 5.75 Å². The van der Waals surface area contributed by atoms with Crippen LogP contribution in [0.15, 0.2) is 42.5 Å². The van der Waals surface area contributed by atoms with E-state index in [0.29, 0.717) is 11.4 Å². The van der Waals surface area contributed by atoms with Crippen LogP contribution in [0.3, 0.4) is 0 Å². The first-order valence-electron chi connectivity index (χ1n) is 6.53. The molecule has 0 aliphatic carbocycles. The number of fused-ring (bicyclic) bond motifs is 1. The van der Waals surface area contributed by atoms with E-state index in [2.05, 4.69) is 16.0 Å². The molecule has 0 atom stereocenters. The van der Waals surface area contributed by atoms with Gasteiger partial charge < -0.3 is 10.1 Å². The second-order valence-corrected chi connectivity index (χ2v) is 4.87. The summed E-state index contributed by atoms with van der Waals surface area (Å²) in [7, 11) is 0. The van der Waals surface area contributed by atoms with Gasteiger partial charge in [0.15, 0.2) is 0 Å². The van der Waals surface area contributed by atoms with Crippen molar-refractivity contribution < 1.29 is 5.11 Å². The summed E-state index contributed by atoms with van der Waals surface area (Å²) in [6, 6.07) is 14.8. The van der Waals surface area contributed by atoms with E-state index in [-0.39, 0.29) is 5.75 Å². The largest absolute Gasteiger partial charge is 0.508 e. The maximum absolute atomic E-state index is 9.48. The van der Waals surface area contributed by atoms with E-state index < -0.39 is 0 Å². The summed E-state index contributed by atoms with van der Waals surface area (Å²) in [5, 5.41) is 18.8. The van der Waals surface area contributed by atoms with Crippen LogP contribution in [0, 0.1) is 18.3 Å². The van der Waals surface area contributed by atoms with E-state index in [1.54, 1.807) is 24.3 Å². The van der Waals surface area contributed by atoms with Gasteiger partial charge in [0, 0.05) is 0 Å². The van der Waals surface area contributed by atoms with Gasteiger partial charge in [0.05, 0.1) is 16.6 Å². The van der Waals surface area contributed by atoms with E-state index >= 15 is 0 Å². The van der Waals surface area contributed by atoms with E-state index in [4.69, 9.17) is 0 Å². The van der Waals surface area contributed by atoms with Gasteiger partial charge in [-0.1, -0.05) is 18.2 Å². The second-order valence-electron chi connectivity index (χ2n) is 4.87. The Labute approximate surface area is 122 Å². The predicted molar refractivity (Wildman–Crippen MR) is 82.4 cm³/mol. The van der Waals surface area contributed by atoms with E-state index in [9.17, 15) is 10.4 Å². The van der Waals surface area contributed by atoms with Crippen LogP contribution >= 0.6 is 0 Å². The zero-order valence-corrected chi connectivity index (χ0v) is 11.5. The number of phenols is 1. The fraction of sp³-hybridized carbons (Fsp3) is 0.0588. The Morgan fingerprint density at radius 2 is 2.14 bits per heavy atom. The Kier molecular flexibility index (Phi) is 3.17. The molecule has 102 valence electrons. The topological polar surface area (TPSA) is 72.7 Å². The number of benzene rings is 2. The van der Waals surface area contributed by atoms with Crippen molar-refractivity contribution in [3.8, 4) is 11.8 Å². The maximum Gasteiger partial charge on any atom is 0.149 e. The molecule has 0 spiro atoms. The Balaban J connectivity index is 2.08. The molecule has 4 nitrogen and oxygen atoms in total. The minimum Gasteiger partial charge on any atom is -0.508 e. The van der Waals surface area contributed by atoms with Crippen LogP contribution in [-0.4, -0.2) is 15.1 Å². The zero-order chi connectivity index (χ0) is 14.8. The molecule has 3 aromatic rings. The minimum atomic E-state index is 0.168. The Hall–Kier alpha value is -3.06. The van der Waals surface area contributed by atoms with Crippen molar-refractivity contribution in [3.63, 3.8) is 0 Å². The number of aromatic nitrogens is 2. The molecule has 0 radical (unpaired) electrons. The number of aromatic amines is 1. The molecule has 0 saturated carbocycles. The van der Waals surface area contributed by atoms with Crippen molar-refractivity contribution in [1.29, 1.82) is 5.26 Å². The lowest BCUT2D eigenvalue weighted by Crippen LogP contribution is -1.84. The van der Waals surface area contributed by atoms with Crippen LogP contribution < -0.4 is 0 Å². The summed E-state index contributed by atoms with van der Waals surface area (Å²) in [6.45, 7) is 2.01. The second kappa shape index (κ2) is 5.14. The van der Waals surface area contributed by atoms with Gasteiger partial charge in [0.1, 0.15) is 17.6 Å². The van der Waals surface area contributed by atoms with Gasteiger partial charge in [0.25, 0.3) is 0 Å². The summed E-state index contributed by atoms with van der Waals surface area (Å²) in [4.78, 5) is 7.59. The molecule has 2 aromatic carbocycles. The van der Waals surface area contributed by atoms with Crippen LogP contribution in [0.1, 0.15) is 17.0 Å². The number of nitrogens with one attached hydrogen (secondary N) is 1. The van der Waals surface area contributed by atoms with Gasteiger partial charge in [0.2, 0.25) is 0 Å². The number of rotatable bonds is 2. The average molecular weight is 275 g/mol. The number of aryl methyl sites for hydroxylation is 1. The molecule has 4 heteroatoms. The highest BCUT2D eigenvalue weighted by atomic mass is 16.3. The fourth-order valence-electron chi connectivity index (χ4n) is 2.19. The summed E-state index contributed by atoms with van der Waals surface area (Å²) < 4.78 is 0. The molecule has 3 rings (SSSR count). The lowest BCUT2D eigenvalue weighted by Gasteiger charge is -1.96. The van der Waals surface area contributed by atoms with Gasteiger partial charge in [-0.15, -0.1) is 0 Å². The lowest BCUT2D eigenvalue weighted by molar-refractivity contribution is 0.475. The van der Waals surface area contributed by atoms with Crippen molar-refractivity contribution in [1.82, 2.24) is 9.97 Å². The summed E-state index contributed by atoms with van der Waals surface area (Å²) >= 11 is 0. The molecule has 21 heavy (non-hydrogen) atoms. The van der Waals surface area contributed by atoms with Crippen LogP contribution in [0.4, 0.5) is 0 Å². The third kappa shape index (κ3) is 2.63. The Morgan fingerprint density at radius 3 is 2.90 bits per heavy atom. The zero-order valence-electron chi connectivity index (χ0n) is 11.5. The number of nitriles is 1. The quantitative estimate of drug-likeness (QED) is 0.701. The maximum atomic E-state index is 9.48. The molecular formula is C17H13N3O. The van der Waals surface area contributed by atoms with Crippen molar-refractivity contribution in [2.75, 3.05) is 0 Å². The predicted octanol–water partition coefficient (Wildman–Crippen LogP) is 3.64. The Morgan fingerprint density at radius 1 is 1.29 bits per heavy atom. The molecule has 0 aliphatic heterocycles. The van der Waals surface area contributed by atoms with Crippen LogP contribution in [0.2, 0.25) is 0 Å². The number of hydrogen-bond donors (Lipinski definition) is 2. The molecule has 2 N–H and O–H groups in total. The first-order chi connectivity index (χ1) is 10.2. The average Bonchev–Trinajstić information content (AvgIpc) is 2.87. The molecule has 0 amide bonds. The van der Waals surface area contributed by atoms with Crippen molar-refractivity contribution in [3.05, 3.63) is 59.4 Å². The SMILES string of the molecule is Cc1ccc2nc(/C(C#N)=C\c3cccc(O)c3)[nH]c2c1. The number of allylic oxidation sites excluding steroid dienone is 1. The van der Waals surface area contributed by atoms with E-state index in [1.165, 1.54) is 0 Å². The number of phenolic OH excluding ortho intramolecular Hbond substituents is 1. The standard InChI is InChI=1S/C17H13N3O/c1-11-5-6-15-16(7-11)20-17(19-15)13(10-18)8-12-3-2-4-14(21)9-12/h2-9,21H,1H3,(H,19,20)/b13-8-. The van der Waals surface area contributed by atoms with Gasteiger partial charge in [-0.3, -0.25) is 0 Å². The molecule has 0 fully saturated rings. The first-order valence-corrected chi connectivity index (χ1v) is 6.53. The number of aromatic hydroxyl groups is 1. The monoisotopic (exact) mass is 275 g/mol. The highest BCUT2D eigenvalue weighted by molar-refractivity contribution is 5.90. The molecule has 0 aliphatic rings. The molecule has 1 aromatic heterocycles. The van der Waals surface area contributed by atoms with Crippen molar-refractivity contribution in [2.24, 2.45) is 0 Å². The fourth-order valence-corrected chi connectivity index (χ4v) is 2.19. The highest BCUT2D eigenvalue weighted by Gasteiger charge is 2.08. The molecule has 0 unspecified atom stereocenters. The normalized spacial score (nSPS) is 11.5. The third-order valence-corrected chi connectivity index (χ3v) is 3.19. The number of H-pyrrole nitrogens is 1. The third-order valence-electron chi connectivity index (χ3n) is 3.19. The molecule has 0 bridgehead atoms.